The summed E-state index contributed by atoms with van der Waals surface area (Å²) in [4.78, 5) is 23.9. The highest BCUT2D eigenvalue weighted by Gasteiger charge is 2.28. The fraction of sp³-hybridized carbons (Fsp3) is 0.211. The summed E-state index contributed by atoms with van der Waals surface area (Å²) in [6, 6.07) is 13.2. The fourth-order valence-corrected chi connectivity index (χ4v) is 4.01. The Hall–Kier alpha value is -2.28. The van der Waals surface area contributed by atoms with Crippen molar-refractivity contribution in [1.82, 2.24) is 14.9 Å². The first kappa shape index (κ1) is 17.1. The van der Waals surface area contributed by atoms with Crippen LogP contribution in [0.3, 0.4) is 0 Å². The van der Waals surface area contributed by atoms with Crippen LogP contribution in [0.2, 0.25) is 5.02 Å². The lowest BCUT2D eigenvalue weighted by Crippen LogP contribution is -2.42. The van der Waals surface area contributed by atoms with Crippen LogP contribution in [-0.4, -0.2) is 40.5 Å². The molecule has 1 aromatic carbocycles. The number of amides is 1. The number of hydrogen-bond acceptors (Lipinski definition) is 5. The Morgan fingerprint density at radius 2 is 2.04 bits per heavy atom. The summed E-state index contributed by atoms with van der Waals surface area (Å²) in [7, 11) is 0. The van der Waals surface area contributed by atoms with Crippen molar-refractivity contribution in [3.63, 3.8) is 0 Å². The van der Waals surface area contributed by atoms with Crippen molar-refractivity contribution in [3.05, 3.63) is 70.3 Å². The van der Waals surface area contributed by atoms with Crippen molar-refractivity contribution in [2.24, 2.45) is 0 Å². The molecule has 1 unspecified atom stereocenters. The first-order chi connectivity index (χ1) is 12.7. The second kappa shape index (κ2) is 7.53. The topological polar surface area (TPSA) is 55.3 Å². The molecule has 0 N–H and O–H groups in total. The van der Waals surface area contributed by atoms with Gasteiger partial charge in [-0.3, -0.25) is 9.78 Å². The van der Waals surface area contributed by atoms with E-state index in [1.807, 2.05) is 42.5 Å². The zero-order valence-electron chi connectivity index (χ0n) is 13.8. The van der Waals surface area contributed by atoms with E-state index in [2.05, 4.69) is 9.97 Å². The zero-order valence-corrected chi connectivity index (χ0v) is 15.4. The third-order valence-electron chi connectivity index (χ3n) is 4.21. The van der Waals surface area contributed by atoms with E-state index in [9.17, 15) is 4.79 Å². The number of benzene rings is 1. The molecule has 2 aromatic heterocycles. The van der Waals surface area contributed by atoms with E-state index in [1.54, 1.807) is 17.3 Å². The molecule has 1 fully saturated rings. The molecule has 1 aliphatic rings. The monoisotopic (exact) mass is 385 g/mol. The molecule has 0 aliphatic carbocycles. The van der Waals surface area contributed by atoms with Gasteiger partial charge in [0.2, 0.25) is 0 Å². The molecule has 26 heavy (non-hydrogen) atoms. The van der Waals surface area contributed by atoms with Gasteiger partial charge in [-0.25, -0.2) is 4.98 Å². The summed E-state index contributed by atoms with van der Waals surface area (Å²) in [5.41, 5.74) is 1.68. The Kier molecular flexibility index (Phi) is 4.97. The Balaban J connectivity index is 1.51. The summed E-state index contributed by atoms with van der Waals surface area (Å²) < 4.78 is 5.84. The molecule has 132 valence electrons. The molecule has 1 amide bonds. The van der Waals surface area contributed by atoms with Gasteiger partial charge in [0.05, 0.1) is 25.0 Å². The molecule has 1 aliphatic heterocycles. The molecule has 0 spiro atoms. The number of ether oxygens (including phenoxy) is 1. The summed E-state index contributed by atoms with van der Waals surface area (Å²) in [5.74, 6) is -0.0370. The van der Waals surface area contributed by atoms with Crippen LogP contribution in [0, 0.1) is 0 Å². The number of hydrogen-bond donors (Lipinski definition) is 0. The minimum atomic E-state index is -0.218. The second-order valence-electron chi connectivity index (χ2n) is 5.88. The van der Waals surface area contributed by atoms with Gasteiger partial charge in [-0.1, -0.05) is 35.9 Å². The van der Waals surface area contributed by atoms with Crippen LogP contribution in [0.15, 0.2) is 54.9 Å². The quantitative estimate of drug-likeness (QED) is 0.681. The highest BCUT2D eigenvalue weighted by molar-refractivity contribution is 7.16. The smallest absolute Gasteiger partial charge is 0.265 e. The lowest BCUT2D eigenvalue weighted by atomic mass is 10.1. The predicted octanol–water partition coefficient (Wildman–Crippen LogP) is 4.07. The van der Waals surface area contributed by atoms with E-state index >= 15 is 0 Å². The number of carbonyl (C=O) groups excluding carboxylic acids is 1. The van der Waals surface area contributed by atoms with Gasteiger partial charge in [-0.15, -0.1) is 11.3 Å². The van der Waals surface area contributed by atoms with Crippen LogP contribution in [0.25, 0.3) is 10.7 Å². The largest absolute Gasteiger partial charge is 0.370 e. The molecule has 5 nitrogen and oxygen atoms in total. The van der Waals surface area contributed by atoms with Crippen LogP contribution < -0.4 is 0 Å². The minimum Gasteiger partial charge on any atom is -0.370 e. The molecule has 7 heteroatoms. The van der Waals surface area contributed by atoms with Crippen LogP contribution in [0.5, 0.6) is 0 Å². The minimum absolute atomic E-state index is 0.0370. The lowest BCUT2D eigenvalue weighted by molar-refractivity contribution is -0.0226. The maximum Gasteiger partial charge on any atom is 0.265 e. The van der Waals surface area contributed by atoms with Gasteiger partial charge in [-0.05, 0) is 18.2 Å². The van der Waals surface area contributed by atoms with E-state index in [-0.39, 0.29) is 12.0 Å². The second-order valence-corrected chi connectivity index (χ2v) is 7.31. The third kappa shape index (κ3) is 3.49. The van der Waals surface area contributed by atoms with E-state index in [0.29, 0.717) is 29.6 Å². The number of nitrogens with zero attached hydrogens (tertiary/aromatic N) is 3. The highest BCUT2D eigenvalue weighted by Crippen LogP contribution is 2.30. The van der Waals surface area contributed by atoms with Crippen molar-refractivity contribution >= 4 is 28.8 Å². The Labute approximate surface area is 160 Å². The van der Waals surface area contributed by atoms with E-state index < -0.39 is 0 Å². The van der Waals surface area contributed by atoms with Gasteiger partial charge in [0.25, 0.3) is 5.91 Å². The lowest BCUT2D eigenvalue weighted by Gasteiger charge is -2.33. The van der Waals surface area contributed by atoms with E-state index in [4.69, 9.17) is 16.3 Å². The van der Waals surface area contributed by atoms with Gasteiger partial charge in [0.1, 0.15) is 16.0 Å². The molecule has 0 saturated carbocycles. The highest BCUT2D eigenvalue weighted by atomic mass is 35.5. The molecule has 3 aromatic rings. The zero-order chi connectivity index (χ0) is 17.9. The fourth-order valence-electron chi connectivity index (χ4n) is 2.89. The Bertz CT molecular complexity index is 916. The number of aromatic nitrogens is 2. The molecule has 0 radical (unpaired) electrons. The number of thiazole rings is 1. The summed E-state index contributed by atoms with van der Waals surface area (Å²) in [6.45, 7) is 1.50. The van der Waals surface area contributed by atoms with Crippen molar-refractivity contribution in [2.45, 2.75) is 6.10 Å². The number of rotatable bonds is 3. The first-order valence-corrected chi connectivity index (χ1v) is 9.44. The summed E-state index contributed by atoms with van der Waals surface area (Å²) in [6.07, 6.45) is 3.12. The van der Waals surface area contributed by atoms with Crippen LogP contribution in [0.4, 0.5) is 0 Å². The molecule has 3 heterocycles. The molecule has 1 saturated heterocycles. The van der Waals surface area contributed by atoms with Gasteiger partial charge < -0.3 is 9.64 Å². The normalized spacial score (nSPS) is 17.3. The standard InChI is InChI=1S/C19H16ClN3O2S/c20-14-6-2-1-5-13(14)16-12-23(9-10-25-16)19(24)17-11-22-18(26-17)15-7-3-4-8-21-15/h1-8,11,16H,9-10,12H2. The SMILES string of the molecule is O=C(c1cnc(-c2ccccn2)s1)N1CCOC(c2ccccc2Cl)C1. The van der Waals surface area contributed by atoms with Crippen molar-refractivity contribution in [3.8, 4) is 10.7 Å². The number of pyridine rings is 1. The molecule has 1 atom stereocenters. The maximum absolute atomic E-state index is 12.9. The van der Waals surface area contributed by atoms with Crippen LogP contribution in [0.1, 0.15) is 21.3 Å². The maximum atomic E-state index is 12.9. The van der Waals surface area contributed by atoms with Gasteiger partial charge >= 0.3 is 0 Å². The molecular weight excluding hydrogens is 370 g/mol. The van der Waals surface area contributed by atoms with Gasteiger partial charge in [-0.2, -0.15) is 0 Å². The first-order valence-electron chi connectivity index (χ1n) is 8.25. The molecule has 0 bridgehead atoms. The molecular formula is C19H16ClN3O2S. The van der Waals surface area contributed by atoms with Gasteiger partial charge in [0, 0.05) is 23.3 Å². The average molecular weight is 386 g/mol. The van der Waals surface area contributed by atoms with Crippen molar-refractivity contribution in [2.75, 3.05) is 19.7 Å². The Morgan fingerprint density at radius 3 is 2.85 bits per heavy atom. The van der Waals surface area contributed by atoms with E-state index in [1.165, 1.54) is 11.3 Å². The summed E-state index contributed by atoms with van der Waals surface area (Å²) in [5, 5.41) is 1.40. The number of carbonyl (C=O) groups is 1. The van der Waals surface area contributed by atoms with Crippen LogP contribution in [-0.2, 0) is 4.74 Å². The van der Waals surface area contributed by atoms with E-state index in [0.717, 1.165) is 16.3 Å². The average Bonchev–Trinajstić information content (AvgIpc) is 3.19. The Morgan fingerprint density at radius 1 is 1.19 bits per heavy atom. The summed E-state index contributed by atoms with van der Waals surface area (Å²) >= 11 is 7.63. The number of morpholine rings is 1. The van der Waals surface area contributed by atoms with Gasteiger partial charge in [0.15, 0.2) is 0 Å². The van der Waals surface area contributed by atoms with Crippen molar-refractivity contribution < 1.29 is 9.53 Å². The predicted molar refractivity (Wildman–Crippen MR) is 101 cm³/mol. The van der Waals surface area contributed by atoms with Crippen molar-refractivity contribution in [1.29, 1.82) is 0 Å². The third-order valence-corrected chi connectivity index (χ3v) is 5.56. The number of halogens is 1. The molecule has 4 rings (SSSR count). The van der Waals surface area contributed by atoms with Crippen LogP contribution >= 0.6 is 22.9 Å².